The van der Waals surface area contributed by atoms with Crippen LogP contribution in [0.3, 0.4) is 0 Å². The summed E-state index contributed by atoms with van der Waals surface area (Å²) < 4.78 is 10.8. The molecule has 0 fully saturated rings. The van der Waals surface area contributed by atoms with Crippen molar-refractivity contribution in [3.63, 3.8) is 0 Å². The summed E-state index contributed by atoms with van der Waals surface area (Å²) in [5, 5.41) is 5.45. The van der Waals surface area contributed by atoms with E-state index >= 15 is 0 Å². The van der Waals surface area contributed by atoms with E-state index < -0.39 is 5.41 Å². The number of rotatable bonds is 6. The van der Waals surface area contributed by atoms with Crippen LogP contribution in [0.25, 0.3) is 0 Å². The molecule has 0 spiro atoms. The smallest absolute Gasteiger partial charge is 0.319 e. The Morgan fingerprint density at radius 2 is 2.16 bits per heavy atom. The van der Waals surface area contributed by atoms with Gasteiger partial charge in [-0.05, 0) is 32.4 Å². The van der Waals surface area contributed by atoms with Crippen molar-refractivity contribution in [2.45, 2.75) is 27.2 Å². The van der Waals surface area contributed by atoms with Crippen molar-refractivity contribution >= 4 is 23.3 Å². The SMILES string of the molecule is CCCN1C(=O)C(C)(C)COc2cc(NC(=O)NCCOC)ccc21. The Morgan fingerprint density at radius 1 is 1.40 bits per heavy atom. The van der Waals surface area contributed by atoms with Gasteiger partial charge in [0.1, 0.15) is 12.4 Å². The van der Waals surface area contributed by atoms with Gasteiger partial charge in [-0.25, -0.2) is 4.79 Å². The predicted molar refractivity (Wildman–Crippen MR) is 97.3 cm³/mol. The zero-order chi connectivity index (χ0) is 18.4. The molecule has 2 N–H and O–H groups in total. The summed E-state index contributed by atoms with van der Waals surface area (Å²) in [5.74, 6) is 0.646. The van der Waals surface area contributed by atoms with Crippen LogP contribution in [0, 0.1) is 5.41 Å². The third kappa shape index (κ3) is 4.63. The average molecular weight is 349 g/mol. The van der Waals surface area contributed by atoms with Crippen LogP contribution in [0.1, 0.15) is 27.2 Å². The molecule has 1 aliphatic rings. The second-order valence-corrected chi connectivity index (χ2v) is 6.69. The first-order valence-corrected chi connectivity index (χ1v) is 8.51. The number of benzene rings is 1. The van der Waals surface area contributed by atoms with Gasteiger partial charge in [-0.2, -0.15) is 0 Å². The minimum Gasteiger partial charge on any atom is -0.490 e. The van der Waals surface area contributed by atoms with E-state index in [9.17, 15) is 9.59 Å². The molecule has 0 bridgehead atoms. The quantitative estimate of drug-likeness (QED) is 0.774. The highest BCUT2D eigenvalue weighted by Gasteiger charge is 2.37. The van der Waals surface area contributed by atoms with Crippen LogP contribution in [-0.4, -0.2) is 45.4 Å². The second kappa shape index (κ2) is 8.20. The molecule has 0 saturated heterocycles. The molecule has 1 aromatic rings. The molecule has 0 aromatic heterocycles. The van der Waals surface area contributed by atoms with E-state index in [1.807, 2.05) is 26.8 Å². The molecule has 138 valence electrons. The minimum absolute atomic E-state index is 0.0473. The van der Waals surface area contributed by atoms with E-state index in [1.165, 1.54) is 0 Å². The van der Waals surface area contributed by atoms with Crippen molar-refractivity contribution in [2.75, 3.05) is 43.6 Å². The van der Waals surface area contributed by atoms with Gasteiger partial charge in [0.2, 0.25) is 5.91 Å². The Morgan fingerprint density at radius 3 is 2.84 bits per heavy atom. The van der Waals surface area contributed by atoms with Gasteiger partial charge in [-0.3, -0.25) is 4.79 Å². The van der Waals surface area contributed by atoms with E-state index in [0.717, 1.165) is 12.1 Å². The van der Waals surface area contributed by atoms with E-state index in [4.69, 9.17) is 9.47 Å². The molecule has 1 aromatic carbocycles. The summed E-state index contributed by atoms with van der Waals surface area (Å²) in [5.41, 5.74) is 0.749. The number of nitrogens with one attached hydrogen (secondary N) is 2. The maximum Gasteiger partial charge on any atom is 0.319 e. The lowest BCUT2D eigenvalue weighted by atomic mass is 9.93. The van der Waals surface area contributed by atoms with Gasteiger partial charge in [0, 0.05) is 32.0 Å². The first-order chi connectivity index (χ1) is 11.9. The third-order valence-electron chi connectivity index (χ3n) is 3.96. The molecule has 2 rings (SSSR count). The molecule has 0 saturated carbocycles. The van der Waals surface area contributed by atoms with Crippen LogP contribution < -0.4 is 20.3 Å². The number of methoxy groups -OCH3 is 1. The van der Waals surface area contributed by atoms with Gasteiger partial charge in [0.15, 0.2) is 0 Å². The van der Waals surface area contributed by atoms with Crippen LogP contribution in [-0.2, 0) is 9.53 Å². The van der Waals surface area contributed by atoms with Crippen molar-refractivity contribution in [3.05, 3.63) is 18.2 Å². The summed E-state index contributed by atoms with van der Waals surface area (Å²) in [6, 6.07) is 5.02. The predicted octanol–water partition coefficient (Wildman–Crippen LogP) is 2.62. The fraction of sp³-hybridized carbons (Fsp3) is 0.556. The molecule has 0 radical (unpaired) electrons. The second-order valence-electron chi connectivity index (χ2n) is 6.69. The number of carbonyl (C=O) groups is 2. The Labute approximate surface area is 148 Å². The monoisotopic (exact) mass is 349 g/mol. The third-order valence-corrected chi connectivity index (χ3v) is 3.96. The molecular weight excluding hydrogens is 322 g/mol. The summed E-state index contributed by atoms with van der Waals surface area (Å²) in [6.45, 7) is 7.59. The topological polar surface area (TPSA) is 79.9 Å². The molecule has 0 aliphatic carbocycles. The zero-order valence-corrected chi connectivity index (χ0v) is 15.3. The zero-order valence-electron chi connectivity index (χ0n) is 15.3. The van der Waals surface area contributed by atoms with Crippen LogP contribution in [0.4, 0.5) is 16.2 Å². The van der Waals surface area contributed by atoms with E-state index in [-0.39, 0.29) is 11.9 Å². The van der Waals surface area contributed by atoms with E-state index in [0.29, 0.717) is 37.7 Å². The highest BCUT2D eigenvalue weighted by Crippen LogP contribution is 2.38. The van der Waals surface area contributed by atoms with Crippen LogP contribution >= 0.6 is 0 Å². The van der Waals surface area contributed by atoms with Gasteiger partial charge in [0.25, 0.3) is 0 Å². The molecule has 3 amide bonds. The van der Waals surface area contributed by atoms with Gasteiger partial charge in [-0.15, -0.1) is 0 Å². The fourth-order valence-corrected chi connectivity index (χ4v) is 2.61. The molecule has 0 unspecified atom stereocenters. The van der Waals surface area contributed by atoms with Crippen LogP contribution in [0.2, 0.25) is 0 Å². The van der Waals surface area contributed by atoms with Gasteiger partial charge >= 0.3 is 6.03 Å². The van der Waals surface area contributed by atoms with Crippen molar-refractivity contribution in [3.8, 4) is 5.75 Å². The number of anilines is 2. The normalized spacial score (nSPS) is 15.8. The highest BCUT2D eigenvalue weighted by molar-refractivity contribution is 6.00. The number of nitrogens with zero attached hydrogens (tertiary/aromatic N) is 1. The summed E-state index contributed by atoms with van der Waals surface area (Å²) in [4.78, 5) is 26.4. The largest absolute Gasteiger partial charge is 0.490 e. The Balaban J connectivity index is 2.19. The fourth-order valence-electron chi connectivity index (χ4n) is 2.61. The molecule has 0 atom stereocenters. The maximum absolute atomic E-state index is 12.8. The number of amides is 3. The Hall–Kier alpha value is -2.28. The minimum atomic E-state index is -0.598. The van der Waals surface area contributed by atoms with Crippen molar-refractivity contribution in [1.29, 1.82) is 0 Å². The number of urea groups is 1. The Kier molecular flexibility index (Phi) is 6.25. The van der Waals surface area contributed by atoms with E-state index in [1.54, 1.807) is 24.1 Å². The van der Waals surface area contributed by atoms with Crippen LogP contribution in [0.5, 0.6) is 5.75 Å². The van der Waals surface area contributed by atoms with Crippen molar-refractivity contribution < 1.29 is 19.1 Å². The maximum atomic E-state index is 12.8. The lowest BCUT2D eigenvalue weighted by Gasteiger charge is -2.27. The Bertz CT molecular complexity index is 631. The first kappa shape index (κ1) is 19.1. The standard InChI is InChI=1S/C18H27N3O4/c1-5-9-21-14-7-6-13(20-17(23)19-8-10-24-4)11-15(14)25-12-18(2,3)16(21)22/h6-7,11H,5,8-10,12H2,1-4H3,(H2,19,20,23). The highest BCUT2D eigenvalue weighted by atomic mass is 16.5. The number of carbonyl (C=O) groups excluding carboxylic acids is 2. The lowest BCUT2D eigenvalue weighted by molar-refractivity contribution is -0.127. The number of hydrogen-bond donors (Lipinski definition) is 2. The summed E-state index contributed by atoms with van der Waals surface area (Å²) in [7, 11) is 1.58. The average Bonchev–Trinajstić information content (AvgIpc) is 2.66. The number of fused-ring (bicyclic) bond motifs is 1. The van der Waals surface area contributed by atoms with Gasteiger partial charge < -0.3 is 25.0 Å². The van der Waals surface area contributed by atoms with Gasteiger partial charge in [-0.1, -0.05) is 6.92 Å². The molecule has 25 heavy (non-hydrogen) atoms. The molecule has 1 aliphatic heterocycles. The number of hydrogen-bond acceptors (Lipinski definition) is 4. The first-order valence-electron chi connectivity index (χ1n) is 8.51. The van der Waals surface area contributed by atoms with Crippen LogP contribution in [0.15, 0.2) is 18.2 Å². The molecular formula is C18H27N3O4. The summed E-state index contributed by atoms with van der Waals surface area (Å²) >= 11 is 0. The lowest BCUT2D eigenvalue weighted by Crippen LogP contribution is -2.42. The summed E-state index contributed by atoms with van der Waals surface area (Å²) in [6.07, 6.45) is 0.850. The molecule has 1 heterocycles. The number of ether oxygens (including phenoxy) is 2. The van der Waals surface area contributed by atoms with E-state index in [2.05, 4.69) is 10.6 Å². The molecule has 7 heteroatoms. The van der Waals surface area contributed by atoms with Crippen molar-refractivity contribution in [1.82, 2.24) is 5.32 Å². The van der Waals surface area contributed by atoms with Gasteiger partial charge in [0.05, 0.1) is 17.7 Å². The van der Waals surface area contributed by atoms with Crippen molar-refractivity contribution in [2.24, 2.45) is 5.41 Å². The molecule has 7 nitrogen and oxygen atoms in total.